The van der Waals surface area contributed by atoms with Gasteiger partial charge in [0.15, 0.2) is 5.60 Å². The predicted octanol–water partition coefficient (Wildman–Crippen LogP) is 13.4. The predicted molar refractivity (Wildman–Crippen MR) is 330 cm³/mol. The standard InChI is InChI=1S/C29H21BCl4F3N3O4.C19H13Cl3N2O3.C10H13BClNO2/c1-27(2)17-11-19(31)14(8-18(17)30(42)43-27)13-38-26(41)24-6-5-16(23-4-3-7-40(23)24)22-12-28(44-39-22,29(35,36)37)15-9-20(32)25(34)21(33)10-15;1-19(10-7-12(20)17(22)13(21)8-10)9-14(23-27-19)11-4-5-16(18(25)26)24-6-2-3-15(11)24;1-10(2)7-4-9(12)6(5-13)3-8(7)11(14)15-10/h3-11,42H,12-13H2,1-2H3,(H,38,41);2-8H,9H2,1H3,(H,25,26);3-4,14H,5,13H2,1-2H3. The molecule has 8 aromatic rings. The summed E-state index contributed by atoms with van der Waals surface area (Å²) in [4.78, 5) is 35.6. The topological polar surface area (TPSA) is 203 Å². The lowest BCUT2D eigenvalue weighted by Gasteiger charge is -2.30. The summed E-state index contributed by atoms with van der Waals surface area (Å²) in [5.41, 5.74) is 8.98. The summed E-state index contributed by atoms with van der Waals surface area (Å²) in [7, 11) is -2.00. The van der Waals surface area contributed by atoms with E-state index in [1.807, 2.05) is 52.8 Å². The number of carboxylic acid groups (broad SMARTS) is 1. The summed E-state index contributed by atoms with van der Waals surface area (Å²) in [5, 5.41) is 41.9. The van der Waals surface area contributed by atoms with Gasteiger partial charge >= 0.3 is 26.4 Å². The van der Waals surface area contributed by atoms with Gasteiger partial charge in [0.05, 0.1) is 70.2 Å². The van der Waals surface area contributed by atoms with Gasteiger partial charge in [-0.15, -0.1) is 0 Å². The number of benzene rings is 4. The molecule has 12 rings (SSSR count). The molecule has 28 heteroatoms. The highest BCUT2D eigenvalue weighted by atomic mass is 35.5. The van der Waals surface area contributed by atoms with E-state index < -0.39 is 61.1 Å². The second kappa shape index (κ2) is 23.7. The summed E-state index contributed by atoms with van der Waals surface area (Å²) in [5.74, 6) is -1.46. The number of rotatable bonds is 9. The fourth-order valence-electron chi connectivity index (χ4n) is 10.8. The van der Waals surface area contributed by atoms with E-state index in [2.05, 4.69) is 15.6 Å². The fraction of sp³-hybridized carbons (Fsp3) is 0.241. The monoisotopic (exact) mass is 1330 g/mol. The maximum atomic E-state index is 14.6. The van der Waals surface area contributed by atoms with Gasteiger partial charge in [-0.1, -0.05) is 115 Å². The molecular formula is C58H47B2Cl8F3N6O9. The fourth-order valence-corrected chi connectivity index (χ4v) is 12.4. The van der Waals surface area contributed by atoms with Crippen LogP contribution in [0.15, 0.2) is 120 Å². The number of alkyl halides is 3. The quantitative estimate of drug-likeness (QED) is 0.0683. The lowest BCUT2D eigenvalue weighted by atomic mass is 9.77. The molecule has 2 atom stereocenters. The number of hydrogen-bond acceptors (Lipinski definition) is 11. The lowest BCUT2D eigenvalue weighted by molar-refractivity contribution is -0.275. The molecule has 4 aliphatic heterocycles. The second-order valence-electron chi connectivity index (χ2n) is 21.7. The van der Waals surface area contributed by atoms with Crippen LogP contribution in [0.5, 0.6) is 0 Å². The molecule has 0 saturated heterocycles. The van der Waals surface area contributed by atoms with Crippen LogP contribution in [0.3, 0.4) is 0 Å². The molecule has 0 saturated carbocycles. The van der Waals surface area contributed by atoms with Crippen molar-refractivity contribution in [2.75, 3.05) is 0 Å². The molecule has 4 aromatic carbocycles. The number of aromatic carboxylic acids is 1. The van der Waals surface area contributed by atoms with Gasteiger partial charge in [-0.2, -0.15) is 13.2 Å². The average molecular weight is 1330 g/mol. The van der Waals surface area contributed by atoms with Crippen molar-refractivity contribution in [2.24, 2.45) is 16.0 Å². The number of carbonyl (C=O) groups excluding carboxylic acids is 1. The van der Waals surface area contributed by atoms with E-state index in [4.69, 9.17) is 118 Å². The minimum atomic E-state index is -4.90. The zero-order chi connectivity index (χ0) is 62.3. The smallest absolute Gasteiger partial charge is 0.477 e. The van der Waals surface area contributed by atoms with Crippen molar-refractivity contribution in [3.05, 3.63) is 206 Å². The molecule has 86 heavy (non-hydrogen) atoms. The van der Waals surface area contributed by atoms with Gasteiger partial charge in [-0.05, 0) is 153 Å². The normalized spacial score (nSPS) is 19.0. The van der Waals surface area contributed by atoms with Crippen molar-refractivity contribution in [2.45, 2.75) is 89.1 Å². The number of amides is 1. The first-order valence-corrected chi connectivity index (χ1v) is 29.1. The Morgan fingerprint density at radius 3 is 1.58 bits per heavy atom. The summed E-state index contributed by atoms with van der Waals surface area (Å²) in [6, 6.07) is 25.8. The number of pyridine rings is 2. The summed E-state index contributed by atoms with van der Waals surface area (Å²) in [6.45, 7) is 9.74. The number of nitrogens with two attached hydrogens (primary N) is 1. The van der Waals surface area contributed by atoms with Crippen molar-refractivity contribution < 1.29 is 56.9 Å². The number of hydrogen-bond donors (Lipinski definition) is 5. The molecule has 1 amide bonds. The third kappa shape index (κ3) is 11.7. The summed E-state index contributed by atoms with van der Waals surface area (Å²) < 4.78 is 57.9. The van der Waals surface area contributed by atoms with Crippen LogP contribution >= 0.6 is 92.8 Å². The minimum absolute atomic E-state index is 0.00815. The molecule has 4 aromatic heterocycles. The SMILES string of the molecule is CC1(C)OB(O)c2cc(CN)c(Cl)cc21.CC1(C)OB(O)c2cc(CNC(=O)c3ccc(C4=NOC(c5cc(Cl)c(Cl)c(Cl)c5)(C(F)(F)F)C4)c4cccn34)c(Cl)cc21.CC1(c2cc(Cl)c(Cl)c(Cl)c2)CC(c2ccc(C(=O)O)n3cccc23)=NO1. The van der Waals surface area contributed by atoms with E-state index in [0.717, 1.165) is 50.9 Å². The molecule has 2 unspecified atom stereocenters. The van der Waals surface area contributed by atoms with Gasteiger partial charge in [-0.3, -0.25) is 4.79 Å². The first kappa shape index (κ1) is 63.3. The van der Waals surface area contributed by atoms with Crippen LogP contribution in [0.1, 0.15) is 113 Å². The van der Waals surface area contributed by atoms with E-state index in [-0.39, 0.29) is 44.3 Å². The number of oxime groups is 2. The first-order valence-electron chi connectivity index (χ1n) is 26.0. The molecule has 0 bridgehead atoms. The van der Waals surface area contributed by atoms with Gasteiger partial charge < -0.3 is 54.0 Å². The number of carbonyl (C=O) groups is 2. The summed E-state index contributed by atoms with van der Waals surface area (Å²) >= 11 is 49.0. The molecule has 4 aliphatic rings. The number of nitrogens with one attached hydrogen (secondary N) is 1. The highest BCUT2D eigenvalue weighted by Crippen LogP contribution is 2.51. The summed E-state index contributed by atoms with van der Waals surface area (Å²) in [6.07, 6.45) is -1.79. The Bertz CT molecular complexity index is 4120. The molecule has 0 aliphatic carbocycles. The van der Waals surface area contributed by atoms with Crippen LogP contribution in [-0.4, -0.2) is 67.7 Å². The maximum absolute atomic E-state index is 14.6. The number of carboxylic acids is 1. The zero-order valence-corrected chi connectivity index (χ0v) is 51.7. The van der Waals surface area contributed by atoms with Crippen LogP contribution in [0.4, 0.5) is 13.2 Å². The third-order valence-corrected chi connectivity index (χ3v) is 18.4. The van der Waals surface area contributed by atoms with Crippen molar-refractivity contribution in [1.82, 2.24) is 14.1 Å². The molecule has 0 fully saturated rings. The highest BCUT2D eigenvalue weighted by Gasteiger charge is 2.63. The molecule has 15 nitrogen and oxygen atoms in total. The van der Waals surface area contributed by atoms with Crippen molar-refractivity contribution in [1.29, 1.82) is 0 Å². The number of fused-ring (bicyclic) bond motifs is 4. The Hall–Kier alpha value is -5.68. The molecule has 8 heterocycles. The van der Waals surface area contributed by atoms with Crippen LogP contribution < -0.4 is 22.0 Å². The van der Waals surface area contributed by atoms with E-state index in [1.165, 1.54) is 12.1 Å². The van der Waals surface area contributed by atoms with Gasteiger partial charge in [0.25, 0.3) is 11.5 Å². The molecule has 0 radical (unpaired) electrons. The highest BCUT2D eigenvalue weighted by molar-refractivity contribution is 6.62. The number of aromatic nitrogens is 2. The Labute approximate surface area is 530 Å². The number of nitrogens with zero attached hydrogens (tertiary/aromatic N) is 4. The van der Waals surface area contributed by atoms with E-state index in [0.29, 0.717) is 65.9 Å². The van der Waals surface area contributed by atoms with E-state index in [9.17, 15) is 37.9 Å². The van der Waals surface area contributed by atoms with Crippen molar-refractivity contribution >= 4 is 152 Å². The zero-order valence-electron chi connectivity index (χ0n) is 45.7. The minimum Gasteiger partial charge on any atom is -0.477 e. The van der Waals surface area contributed by atoms with Gasteiger partial charge in [-0.25, -0.2) is 4.79 Å². The van der Waals surface area contributed by atoms with Crippen LogP contribution in [0.25, 0.3) is 11.0 Å². The molecule has 0 spiro atoms. The van der Waals surface area contributed by atoms with E-state index in [1.54, 1.807) is 75.8 Å². The van der Waals surface area contributed by atoms with E-state index >= 15 is 0 Å². The van der Waals surface area contributed by atoms with Gasteiger partial charge in [0, 0.05) is 64.2 Å². The molecule has 6 N–H and O–H groups in total. The average Bonchev–Trinajstić information content (AvgIpc) is 1.58. The molecule has 446 valence electrons. The second-order valence-corrected chi connectivity index (χ2v) is 24.9. The van der Waals surface area contributed by atoms with Crippen LogP contribution in [0, 0.1) is 0 Å². The van der Waals surface area contributed by atoms with Crippen LogP contribution in [-0.2, 0) is 54.5 Å². The van der Waals surface area contributed by atoms with Crippen molar-refractivity contribution in [3.63, 3.8) is 0 Å². The van der Waals surface area contributed by atoms with Crippen molar-refractivity contribution in [3.8, 4) is 0 Å². The Balaban J connectivity index is 0.000000164. The Kier molecular flexibility index (Phi) is 17.4. The lowest BCUT2D eigenvalue weighted by Crippen LogP contribution is -2.42. The maximum Gasteiger partial charge on any atom is 0.492 e. The van der Waals surface area contributed by atoms with Gasteiger partial charge in [0.2, 0.25) is 0 Å². The third-order valence-electron chi connectivity index (χ3n) is 15.3. The van der Waals surface area contributed by atoms with Crippen LogP contribution in [0.2, 0.25) is 40.2 Å². The largest absolute Gasteiger partial charge is 0.492 e. The Morgan fingerprint density at radius 2 is 1.08 bits per heavy atom. The molecular weight excluding hydrogens is 1290 g/mol. The Morgan fingerprint density at radius 1 is 0.628 bits per heavy atom. The number of halogens is 11. The van der Waals surface area contributed by atoms with Gasteiger partial charge in [0.1, 0.15) is 11.4 Å². The first-order chi connectivity index (χ1) is 40.4.